The summed E-state index contributed by atoms with van der Waals surface area (Å²) in [6, 6.07) is 70.3. The Morgan fingerprint density at radius 3 is 1.53 bits per heavy atom. The lowest BCUT2D eigenvalue weighted by Crippen LogP contribution is -2.28. The molecule has 0 radical (unpaired) electrons. The molecule has 10 rings (SSSR count). The molecule has 0 fully saturated rings. The Balaban J connectivity index is 1.31. The molecule has 3 heterocycles. The Labute approximate surface area is 332 Å². The molecule has 0 N–H and O–H groups in total. The maximum Gasteiger partial charge on any atom is 0.0998 e. The summed E-state index contributed by atoms with van der Waals surface area (Å²) in [7, 11) is 0. The standard InChI is InChI=1S/C53H34N4/c54-35-38-15-7-8-20-42(38)36-25-27-37(28-26-36)51-43(39-33-49(47-23-11-13-31-55-47)57-50(34-39)48-24-12-14-32-56-48)29-30-46-52(51)44-21-9-10-22-45(44)53(46,40-16-3-1-4-17-40)41-18-5-2-6-19-41/h1-34H. The predicted octanol–water partition coefficient (Wildman–Crippen LogP) is 12.4. The monoisotopic (exact) mass is 726 g/mol. The summed E-state index contributed by atoms with van der Waals surface area (Å²) >= 11 is 0. The third-order valence-electron chi connectivity index (χ3n) is 11.1. The van der Waals surface area contributed by atoms with Gasteiger partial charge in [0.25, 0.3) is 0 Å². The molecule has 0 unspecified atom stereocenters. The maximum absolute atomic E-state index is 9.96. The van der Waals surface area contributed by atoms with E-state index in [0.717, 1.165) is 56.2 Å². The van der Waals surface area contributed by atoms with Gasteiger partial charge in [-0.15, -0.1) is 0 Å². The minimum absolute atomic E-state index is 0.566. The Morgan fingerprint density at radius 2 is 0.930 bits per heavy atom. The van der Waals surface area contributed by atoms with Crippen LogP contribution in [0.5, 0.6) is 0 Å². The van der Waals surface area contributed by atoms with Crippen molar-refractivity contribution in [2.45, 2.75) is 5.41 Å². The SMILES string of the molecule is N#Cc1ccccc1-c1ccc(-c2c(-c3cc(-c4ccccn4)nc(-c4ccccn4)c3)ccc3c2-c2ccccc2C3(c2ccccc2)c2ccccc2)cc1. The second-order valence-corrected chi connectivity index (χ2v) is 14.2. The highest BCUT2D eigenvalue weighted by molar-refractivity contribution is 6.02. The van der Waals surface area contributed by atoms with Crippen molar-refractivity contribution in [1.29, 1.82) is 5.26 Å². The van der Waals surface area contributed by atoms with Crippen LogP contribution in [0.2, 0.25) is 0 Å². The van der Waals surface area contributed by atoms with E-state index in [1.54, 1.807) is 12.4 Å². The summed E-state index contributed by atoms with van der Waals surface area (Å²) in [6.45, 7) is 0. The zero-order valence-electron chi connectivity index (χ0n) is 30.9. The molecule has 9 aromatic rings. The molecule has 3 aromatic heterocycles. The first-order chi connectivity index (χ1) is 28.2. The number of rotatable bonds is 7. The number of nitrogens with zero attached hydrogens (tertiary/aromatic N) is 4. The number of hydrogen-bond acceptors (Lipinski definition) is 4. The lowest BCUT2D eigenvalue weighted by Gasteiger charge is -2.34. The van der Waals surface area contributed by atoms with Gasteiger partial charge in [0.15, 0.2) is 0 Å². The molecule has 0 spiro atoms. The normalized spacial score (nSPS) is 12.3. The molecule has 0 bridgehead atoms. The molecule has 0 amide bonds. The van der Waals surface area contributed by atoms with Crippen molar-refractivity contribution < 1.29 is 0 Å². The Bertz CT molecular complexity index is 2840. The van der Waals surface area contributed by atoms with Gasteiger partial charge >= 0.3 is 0 Å². The van der Waals surface area contributed by atoms with Crippen molar-refractivity contribution in [2.24, 2.45) is 0 Å². The quantitative estimate of drug-likeness (QED) is 0.164. The Morgan fingerprint density at radius 1 is 0.386 bits per heavy atom. The summed E-state index contributed by atoms with van der Waals surface area (Å²) in [5.41, 5.74) is 16.7. The Kier molecular flexibility index (Phi) is 8.39. The van der Waals surface area contributed by atoms with Gasteiger partial charge in [-0.05, 0) is 109 Å². The van der Waals surface area contributed by atoms with Gasteiger partial charge in [-0.1, -0.05) is 152 Å². The minimum Gasteiger partial charge on any atom is -0.255 e. The van der Waals surface area contributed by atoms with Crippen LogP contribution in [0.3, 0.4) is 0 Å². The third-order valence-corrected chi connectivity index (χ3v) is 11.1. The van der Waals surface area contributed by atoms with Crippen LogP contribution in [-0.4, -0.2) is 15.0 Å². The van der Waals surface area contributed by atoms with Crippen LogP contribution in [0.4, 0.5) is 0 Å². The van der Waals surface area contributed by atoms with E-state index in [-0.39, 0.29) is 0 Å². The molecule has 1 aliphatic rings. The Hall–Kier alpha value is -7.74. The summed E-state index contributed by atoms with van der Waals surface area (Å²) < 4.78 is 0. The number of pyridine rings is 3. The van der Waals surface area contributed by atoms with Crippen LogP contribution < -0.4 is 0 Å². The molecule has 0 saturated heterocycles. The first-order valence-electron chi connectivity index (χ1n) is 19.1. The fourth-order valence-electron chi connectivity index (χ4n) is 8.70. The third kappa shape index (κ3) is 5.64. The highest BCUT2D eigenvalue weighted by Gasteiger charge is 2.47. The van der Waals surface area contributed by atoms with Crippen molar-refractivity contribution >= 4 is 0 Å². The second-order valence-electron chi connectivity index (χ2n) is 14.2. The highest BCUT2D eigenvalue weighted by atomic mass is 14.8. The zero-order valence-corrected chi connectivity index (χ0v) is 30.9. The van der Waals surface area contributed by atoms with Crippen LogP contribution in [0.1, 0.15) is 27.8 Å². The van der Waals surface area contributed by atoms with Crippen LogP contribution >= 0.6 is 0 Å². The number of aromatic nitrogens is 3. The number of nitriles is 1. The van der Waals surface area contributed by atoms with Gasteiger partial charge in [-0.25, -0.2) is 4.98 Å². The average Bonchev–Trinajstić information content (AvgIpc) is 3.61. The van der Waals surface area contributed by atoms with Gasteiger partial charge in [-0.2, -0.15) is 5.26 Å². The number of hydrogen-bond donors (Lipinski definition) is 0. The van der Waals surface area contributed by atoms with Gasteiger partial charge < -0.3 is 0 Å². The van der Waals surface area contributed by atoms with Gasteiger partial charge in [0.05, 0.1) is 39.8 Å². The van der Waals surface area contributed by atoms with Crippen LogP contribution in [0.15, 0.2) is 207 Å². The molecule has 266 valence electrons. The molecule has 57 heavy (non-hydrogen) atoms. The largest absolute Gasteiger partial charge is 0.255 e. The van der Waals surface area contributed by atoms with Gasteiger partial charge in [0.2, 0.25) is 0 Å². The summed E-state index contributed by atoms with van der Waals surface area (Å²) in [4.78, 5) is 14.6. The lowest BCUT2D eigenvalue weighted by molar-refractivity contribution is 0.768. The second kappa shape index (κ2) is 14.2. The zero-order chi connectivity index (χ0) is 38.2. The smallest absolute Gasteiger partial charge is 0.0998 e. The summed E-state index contributed by atoms with van der Waals surface area (Å²) in [5.74, 6) is 0. The van der Waals surface area contributed by atoms with E-state index in [0.29, 0.717) is 5.56 Å². The van der Waals surface area contributed by atoms with Crippen molar-refractivity contribution in [2.75, 3.05) is 0 Å². The molecule has 0 aliphatic heterocycles. The van der Waals surface area contributed by atoms with Crippen LogP contribution in [-0.2, 0) is 5.41 Å². The first-order valence-corrected chi connectivity index (χ1v) is 19.1. The predicted molar refractivity (Wildman–Crippen MR) is 229 cm³/mol. The summed E-state index contributed by atoms with van der Waals surface area (Å²) in [6.07, 6.45) is 3.61. The van der Waals surface area contributed by atoms with E-state index in [4.69, 9.17) is 15.0 Å². The van der Waals surface area contributed by atoms with Gasteiger partial charge in [0.1, 0.15) is 0 Å². The molecule has 0 saturated carbocycles. The van der Waals surface area contributed by atoms with E-state index >= 15 is 0 Å². The number of fused-ring (bicyclic) bond motifs is 3. The van der Waals surface area contributed by atoms with E-state index in [1.807, 2.05) is 60.7 Å². The molecule has 0 atom stereocenters. The molecular formula is C53H34N4. The van der Waals surface area contributed by atoms with Crippen LogP contribution in [0.25, 0.3) is 67.3 Å². The minimum atomic E-state index is -0.566. The van der Waals surface area contributed by atoms with Crippen LogP contribution in [0, 0.1) is 11.3 Å². The fourth-order valence-corrected chi connectivity index (χ4v) is 8.70. The molecule has 1 aliphatic carbocycles. The number of benzene rings is 6. The maximum atomic E-state index is 9.96. The molecule has 4 nitrogen and oxygen atoms in total. The van der Waals surface area contributed by atoms with E-state index in [9.17, 15) is 5.26 Å². The fraction of sp³-hybridized carbons (Fsp3) is 0.0189. The van der Waals surface area contributed by atoms with Crippen molar-refractivity contribution in [1.82, 2.24) is 15.0 Å². The van der Waals surface area contributed by atoms with Gasteiger partial charge in [-0.3, -0.25) is 9.97 Å². The highest BCUT2D eigenvalue weighted by Crippen LogP contribution is 2.59. The van der Waals surface area contributed by atoms with E-state index in [1.165, 1.54) is 33.4 Å². The van der Waals surface area contributed by atoms with Crippen molar-refractivity contribution in [3.05, 3.63) is 234 Å². The topological polar surface area (TPSA) is 62.5 Å². The lowest BCUT2D eigenvalue weighted by atomic mass is 9.67. The van der Waals surface area contributed by atoms with Crippen molar-refractivity contribution in [3.63, 3.8) is 0 Å². The molecular weight excluding hydrogens is 693 g/mol. The average molecular weight is 727 g/mol. The van der Waals surface area contributed by atoms with Gasteiger partial charge in [0, 0.05) is 12.4 Å². The van der Waals surface area contributed by atoms with E-state index in [2.05, 4.69) is 140 Å². The molecule has 4 heteroatoms. The van der Waals surface area contributed by atoms with E-state index < -0.39 is 5.41 Å². The molecule has 6 aromatic carbocycles. The van der Waals surface area contributed by atoms with Crippen molar-refractivity contribution in [3.8, 4) is 73.4 Å². The first kappa shape index (κ1) is 33.8. The summed E-state index contributed by atoms with van der Waals surface area (Å²) in [5, 5.41) is 9.96.